The van der Waals surface area contributed by atoms with Gasteiger partial charge in [0.2, 0.25) is 0 Å². The lowest BCUT2D eigenvalue weighted by Gasteiger charge is -2.30. The van der Waals surface area contributed by atoms with Crippen LogP contribution in [-0.4, -0.2) is 0 Å². The third-order valence-electron chi connectivity index (χ3n) is 11.2. The van der Waals surface area contributed by atoms with Crippen molar-refractivity contribution in [3.8, 4) is 33.4 Å². The van der Waals surface area contributed by atoms with Gasteiger partial charge in [-0.15, -0.1) is 0 Å². The molecule has 0 saturated carbocycles. The minimum atomic E-state index is -0.275. The Labute approximate surface area is 298 Å². The van der Waals surface area contributed by atoms with Gasteiger partial charge in [0.25, 0.3) is 0 Å². The fourth-order valence-electron chi connectivity index (χ4n) is 8.51. The molecule has 0 saturated heterocycles. The van der Waals surface area contributed by atoms with Crippen LogP contribution < -0.4 is 4.90 Å². The first kappa shape index (κ1) is 25.2. The number of rotatable bonds is 4. The van der Waals surface area contributed by atoms with Crippen LogP contribution in [0.3, 0.4) is 0 Å². The molecule has 2 aliphatic carbocycles. The summed E-state index contributed by atoms with van der Waals surface area (Å²) in [5.74, 6) is 0. The average molecular weight is 648 g/mol. The number of fused-ring (bicyclic) bond motifs is 9. The Bertz CT molecular complexity index is 2760. The summed E-state index contributed by atoms with van der Waals surface area (Å²) in [4.78, 5) is 1.94. The quantitative estimate of drug-likeness (QED) is 0.189. The highest BCUT2D eigenvalue weighted by Gasteiger charge is 2.37. The Morgan fingerprint density at radius 1 is 0.440 bits per heavy atom. The predicted octanol–water partition coefficient (Wildman–Crippen LogP) is 13.3. The van der Waals surface area contributed by atoms with Gasteiger partial charge in [-0.3, -0.25) is 0 Å². The summed E-state index contributed by atoms with van der Waals surface area (Å²) in [6, 6.07) is 42.9. The maximum Gasteiger partial charge on any atom is 0.136 e. The Kier molecular flexibility index (Phi) is 5.20. The van der Waals surface area contributed by atoms with Crippen molar-refractivity contribution in [1.29, 1.82) is 0 Å². The SMILES string of the molecule is [2H]c1c([2H])c(N(c2ccc3c(c2)C(C)(C)c2ccccc2-3)c2ccc3c(c2)C(C)(C)c2ccccc2-3)c([2H])c([2H])c1-c1ccc2c(c1)oc1ccccc12. The van der Waals surface area contributed by atoms with E-state index >= 15 is 0 Å². The molecule has 0 amide bonds. The van der Waals surface area contributed by atoms with Crippen LogP contribution in [0.5, 0.6) is 0 Å². The second kappa shape index (κ2) is 10.3. The molecular formula is C48H37NO. The summed E-state index contributed by atoms with van der Waals surface area (Å²) in [5.41, 5.74) is 13.0. The Morgan fingerprint density at radius 2 is 0.960 bits per heavy atom. The number of anilines is 3. The smallest absolute Gasteiger partial charge is 0.136 e. The zero-order valence-electron chi connectivity index (χ0n) is 32.5. The predicted molar refractivity (Wildman–Crippen MR) is 209 cm³/mol. The maximum atomic E-state index is 9.62. The lowest BCUT2D eigenvalue weighted by Crippen LogP contribution is -2.18. The fourth-order valence-corrected chi connectivity index (χ4v) is 8.51. The molecule has 0 bridgehead atoms. The molecule has 1 heterocycles. The maximum absolute atomic E-state index is 9.62. The van der Waals surface area contributed by atoms with Crippen LogP contribution in [0.4, 0.5) is 17.1 Å². The molecule has 0 unspecified atom stereocenters. The molecule has 0 aliphatic heterocycles. The summed E-state index contributed by atoms with van der Waals surface area (Å²) in [7, 11) is 0. The summed E-state index contributed by atoms with van der Waals surface area (Å²) in [6.07, 6.45) is 0. The van der Waals surface area contributed by atoms with Gasteiger partial charge >= 0.3 is 0 Å². The van der Waals surface area contributed by atoms with Gasteiger partial charge in [0.1, 0.15) is 11.2 Å². The molecule has 0 N–H and O–H groups in total. The van der Waals surface area contributed by atoms with Gasteiger partial charge < -0.3 is 9.32 Å². The minimum Gasteiger partial charge on any atom is -0.456 e. The summed E-state index contributed by atoms with van der Waals surface area (Å²) < 4.78 is 44.3. The van der Waals surface area contributed by atoms with Crippen LogP contribution in [0.2, 0.25) is 0 Å². The van der Waals surface area contributed by atoms with E-state index in [1.165, 1.54) is 33.4 Å². The van der Waals surface area contributed by atoms with Crippen molar-refractivity contribution in [1.82, 2.24) is 0 Å². The van der Waals surface area contributed by atoms with Crippen molar-refractivity contribution in [3.05, 3.63) is 174 Å². The zero-order chi connectivity index (χ0) is 37.3. The molecule has 1 aromatic heterocycles. The van der Waals surface area contributed by atoms with E-state index < -0.39 is 0 Å². The molecule has 0 radical (unpaired) electrons. The molecule has 8 aromatic rings. The van der Waals surface area contributed by atoms with E-state index in [-0.39, 0.29) is 46.3 Å². The molecule has 240 valence electrons. The van der Waals surface area contributed by atoms with Crippen molar-refractivity contribution in [2.24, 2.45) is 0 Å². The largest absolute Gasteiger partial charge is 0.456 e. The van der Waals surface area contributed by atoms with E-state index in [1.54, 1.807) is 0 Å². The van der Waals surface area contributed by atoms with Gasteiger partial charge in [-0.05, 0) is 110 Å². The van der Waals surface area contributed by atoms with Gasteiger partial charge in [-0.1, -0.05) is 125 Å². The van der Waals surface area contributed by atoms with Crippen molar-refractivity contribution in [3.63, 3.8) is 0 Å². The monoisotopic (exact) mass is 647 g/mol. The Balaban J connectivity index is 1.19. The van der Waals surface area contributed by atoms with Gasteiger partial charge in [-0.25, -0.2) is 0 Å². The Hall–Kier alpha value is -5.86. The van der Waals surface area contributed by atoms with Crippen LogP contribution >= 0.6 is 0 Å². The van der Waals surface area contributed by atoms with E-state index in [4.69, 9.17) is 4.42 Å². The molecule has 50 heavy (non-hydrogen) atoms. The molecule has 2 aliphatic rings. The highest BCUT2D eigenvalue weighted by Crippen LogP contribution is 2.53. The molecule has 2 nitrogen and oxygen atoms in total. The van der Waals surface area contributed by atoms with Crippen molar-refractivity contribution < 1.29 is 9.90 Å². The third kappa shape index (κ3) is 4.08. The number of para-hydroxylation sites is 1. The van der Waals surface area contributed by atoms with Gasteiger partial charge in [0.15, 0.2) is 0 Å². The number of hydrogen-bond donors (Lipinski definition) is 0. The zero-order valence-corrected chi connectivity index (χ0v) is 28.5. The molecule has 0 spiro atoms. The molecule has 0 atom stereocenters. The standard InChI is InChI=1S/C48H37NO/c1-47(2)41-14-8-5-11-35(41)37-25-22-33(28-43(37)47)49(34-23-26-38-36-12-6-9-15-42(36)48(3,4)44(38)29-34)32-20-17-30(18-21-32)31-19-24-40-39-13-7-10-16-45(39)50-46(40)27-31/h5-29H,1-4H3/i17D,18D,20D,21D. The van der Waals surface area contributed by atoms with E-state index in [1.807, 2.05) is 47.4 Å². The topological polar surface area (TPSA) is 16.4 Å². The van der Waals surface area contributed by atoms with E-state index in [0.29, 0.717) is 11.1 Å². The number of nitrogens with zero attached hydrogens (tertiary/aromatic N) is 1. The van der Waals surface area contributed by atoms with E-state index in [0.717, 1.165) is 38.9 Å². The van der Waals surface area contributed by atoms with E-state index in [2.05, 4.69) is 113 Å². The first-order valence-electron chi connectivity index (χ1n) is 19.3. The highest BCUT2D eigenvalue weighted by molar-refractivity contribution is 6.06. The van der Waals surface area contributed by atoms with Crippen LogP contribution in [-0.2, 0) is 10.8 Å². The number of furan rings is 1. The molecule has 0 fully saturated rings. The molecule has 7 aromatic carbocycles. The van der Waals surface area contributed by atoms with Crippen LogP contribution in [0.1, 0.15) is 55.4 Å². The average Bonchev–Trinajstić information content (AvgIpc) is 3.75. The van der Waals surface area contributed by atoms with Gasteiger partial charge in [0.05, 0.1) is 5.48 Å². The van der Waals surface area contributed by atoms with Crippen molar-refractivity contribution >= 4 is 39.0 Å². The molecular weight excluding hydrogens is 607 g/mol. The third-order valence-corrected chi connectivity index (χ3v) is 11.2. The van der Waals surface area contributed by atoms with Gasteiger partial charge in [-0.2, -0.15) is 0 Å². The fraction of sp³-hybridized carbons (Fsp3) is 0.125. The normalized spacial score (nSPS) is 15.8. The second-order valence-electron chi connectivity index (χ2n) is 14.7. The lowest BCUT2D eigenvalue weighted by molar-refractivity contribution is 0.660. The molecule has 2 heteroatoms. The van der Waals surface area contributed by atoms with Crippen LogP contribution in [0.25, 0.3) is 55.3 Å². The summed E-state index contributed by atoms with van der Waals surface area (Å²) in [6.45, 7) is 8.96. The number of benzene rings is 7. The van der Waals surface area contributed by atoms with E-state index in [9.17, 15) is 5.48 Å². The van der Waals surface area contributed by atoms with Crippen LogP contribution in [0.15, 0.2) is 156 Å². The van der Waals surface area contributed by atoms with Crippen LogP contribution in [0, 0.1) is 0 Å². The summed E-state index contributed by atoms with van der Waals surface area (Å²) >= 11 is 0. The number of hydrogen-bond acceptors (Lipinski definition) is 2. The summed E-state index contributed by atoms with van der Waals surface area (Å²) in [5, 5.41) is 1.93. The lowest BCUT2D eigenvalue weighted by atomic mass is 9.82. The minimum absolute atomic E-state index is 0.103. The first-order chi connectivity index (χ1) is 26.0. The molecule has 10 rings (SSSR count). The van der Waals surface area contributed by atoms with Crippen molar-refractivity contribution in [2.75, 3.05) is 4.90 Å². The highest BCUT2D eigenvalue weighted by atomic mass is 16.3. The second-order valence-corrected chi connectivity index (χ2v) is 14.7. The first-order valence-corrected chi connectivity index (χ1v) is 17.3. The Morgan fingerprint density at radius 3 is 1.58 bits per heavy atom. The van der Waals surface area contributed by atoms with Crippen molar-refractivity contribution in [2.45, 2.75) is 38.5 Å². The van der Waals surface area contributed by atoms with Gasteiger partial charge in [0, 0.05) is 38.7 Å².